The molecule has 0 aromatic heterocycles. The van der Waals surface area contributed by atoms with Gasteiger partial charge >= 0.3 is 0 Å². The highest BCUT2D eigenvalue weighted by Gasteiger charge is 2.16. The Kier molecular flexibility index (Phi) is 2.62. The predicted molar refractivity (Wildman–Crippen MR) is 59.4 cm³/mol. The van der Waals surface area contributed by atoms with Crippen LogP contribution in [0, 0.1) is 0 Å². The van der Waals surface area contributed by atoms with Crippen LogP contribution in [0.15, 0.2) is 24.3 Å². The van der Waals surface area contributed by atoms with E-state index >= 15 is 0 Å². The third-order valence-electron chi connectivity index (χ3n) is 2.52. The van der Waals surface area contributed by atoms with Crippen molar-refractivity contribution in [2.45, 2.75) is 25.9 Å². The normalized spacial score (nSPS) is 19.8. The van der Waals surface area contributed by atoms with Gasteiger partial charge in [0.1, 0.15) is 0 Å². The number of allylic oxidation sites excluding steroid dienone is 1. The van der Waals surface area contributed by atoms with Gasteiger partial charge in [-0.3, -0.25) is 0 Å². The monoisotopic (exact) mass is 208 g/mol. The Balaban J connectivity index is 2.40. The maximum absolute atomic E-state index is 9.29. The maximum Gasteiger partial charge on any atom is 0.0698 e. The van der Waals surface area contributed by atoms with Crippen LogP contribution in [0.3, 0.4) is 0 Å². The first-order valence-electron chi connectivity index (χ1n) is 4.84. The van der Waals surface area contributed by atoms with Gasteiger partial charge in [0.2, 0.25) is 0 Å². The van der Waals surface area contributed by atoms with Gasteiger partial charge in [-0.25, -0.2) is 0 Å². The van der Waals surface area contributed by atoms with Crippen LogP contribution in [0.2, 0.25) is 5.02 Å². The summed E-state index contributed by atoms with van der Waals surface area (Å²) in [6, 6.07) is 5.96. The standard InChI is InChI=1S/C12H13ClO/c1-8(14)6-9-2-3-10-7-11(13)4-5-12(9)10/h4-8,14H,2-3H2,1H3/b9-6-. The van der Waals surface area contributed by atoms with E-state index in [1.807, 2.05) is 24.3 Å². The van der Waals surface area contributed by atoms with Gasteiger partial charge in [-0.15, -0.1) is 0 Å². The molecule has 0 spiro atoms. The van der Waals surface area contributed by atoms with Crippen LogP contribution < -0.4 is 0 Å². The average molecular weight is 209 g/mol. The Morgan fingerprint density at radius 2 is 2.21 bits per heavy atom. The number of rotatable bonds is 1. The summed E-state index contributed by atoms with van der Waals surface area (Å²) >= 11 is 5.91. The summed E-state index contributed by atoms with van der Waals surface area (Å²) in [7, 11) is 0. The Labute approximate surface area is 89.0 Å². The second kappa shape index (κ2) is 3.76. The van der Waals surface area contributed by atoms with Gasteiger partial charge in [0.15, 0.2) is 0 Å². The third kappa shape index (κ3) is 1.84. The molecule has 1 atom stereocenters. The molecule has 0 fully saturated rings. The molecule has 1 N–H and O–H groups in total. The Morgan fingerprint density at radius 3 is 2.93 bits per heavy atom. The van der Waals surface area contributed by atoms with Crippen molar-refractivity contribution >= 4 is 17.2 Å². The van der Waals surface area contributed by atoms with Crippen LogP contribution in [0.25, 0.3) is 5.57 Å². The summed E-state index contributed by atoms with van der Waals surface area (Å²) in [6.07, 6.45) is 3.60. The van der Waals surface area contributed by atoms with E-state index in [-0.39, 0.29) is 6.10 Å². The van der Waals surface area contributed by atoms with Crippen molar-refractivity contribution in [2.24, 2.45) is 0 Å². The van der Waals surface area contributed by atoms with Gasteiger partial charge in [0.25, 0.3) is 0 Å². The zero-order valence-electron chi connectivity index (χ0n) is 8.13. The minimum atomic E-state index is -0.369. The van der Waals surface area contributed by atoms with Gasteiger partial charge in [-0.2, -0.15) is 0 Å². The van der Waals surface area contributed by atoms with Crippen LogP contribution in [-0.4, -0.2) is 11.2 Å². The van der Waals surface area contributed by atoms with E-state index in [2.05, 4.69) is 0 Å². The minimum absolute atomic E-state index is 0.369. The molecular weight excluding hydrogens is 196 g/mol. The molecular formula is C12H13ClO. The predicted octanol–water partition coefficient (Wildman–Crippen LogP) is 3.05. The van der Waals surface area contributed by atoms with E-state index in [1.54, 1.807) is 6.92 Å². The molecule has 2 rings (SSSR count). The van der Waals surface area contributed by atoms with Crippen molar-refractivity contribution in [3.8, 4) is 0 Å². The Morgan fingerprint density at radius 1 is 1.43 bits per heavy atom. The van der Waals surface area contributed by atoms with Crippen molar-refractivity contribution in [1.82, 2.24) is 0 Å². The largest absolute Gasteiger partial charge is 0.389 e. The number of benzene rings is 1. The highest BCUT2D eigenvalue weighted by molar-refractivity contribution is 6.30. The van der Waals surface area contributed by atoms with E-state index in [1.165, 1.54) is 16.7 Å². The molecule has 0 radical (unpaired) electrons. The molecule has 1 unspecified atom stereocenters. The summed E-state index contributed by atoms with van der Waals surface area (Å²) in [4.78, 5) is 0. The first-order valence-corrected chi connectivity index (χ1v) is 5.22. The molecule has 14 heavy (non-hydrogen) atoms. The zero-order chi connectivity index (χ0) is 10.1. The first kappa shape index (κ1) is 9.75. The molecule has 1 aliphatic carbocycles. The lowest BCUT2D eigenvalue weighted by Gasteiger charge is -2.02. The lowest BCUT2D eigenvalue weighted by Crippen LogP contribution is -1.94. The number of hydrogen-bond donors (Lipinski definition) is 1. The first-order chi connectivity index (χ1) is 6.66. The van der Waals surface area contributed by atoms with Gasteiger partial charge in [-0.1, -0.05) is 23.7 Å². The van der Waals surface area contributed by atoms with Crippen LogP contribution in [0.1, 0.15) is 24.5 Å². The van der Waals surface area contributed by atoms with Crippen molar-refractivity contribution in [3.05, 3.63) is 40.4 Å². The fourth-order valence-electron chi connectivity index (χ4n) is 1.95. The zero-order valence-corrected chi connectivity index (χ0v) is 8.88. The van der Waals surface area contributed by atoms with Crippen molar-refractivity contribution in [2.75, 3.05) is 0 Å². The topological polar surface area (TPSA) is 20.2 Å². The van der Waals surface area contributed by atoms with Crippen molar-refractivity contribution in [3.63, 3.8) is 0 Å². The lowest BCUT2D eigenvalue weighted by molar-refractivity contribution is 0.244. The van der Waals surface area contributed by atoms with Crippen LogP contribution >= 0.6 is 11.6 Å². The van der Waals surface area contributed by atoms with E-state index in [0.29, 0.717) is 0 Å². The van der Waals surface area contributed by atoms with Gasteiger partial charge in [-0.05, 0) is 48.6 Å². The fourth-order valence-corrected chi connectivity index (χ4v) is 2.15. The molecule has 0 bridgehead atoms. The van der Waals surface area contributed by atoms with Crippen molar-refractivity contribution < 1.29 is 5.11 Å². The number of fused-ring (bicyclic) bond motifs is 1. The van der Waals surface area contributed by atoms with Gasteiger partial charge < -0.3 is 5.11 Å². The number of aliphatic hydroxyl groups excluding tert-OH is 1. The second-order valence-electron chi connectivity index (χ2n) is 3.73. The summed E-state index contributed by atoms with van der Waals surface area (Å²) in [6.45, 7) is 1.78. The second-order valence-corrected chi connectivity index (χ2v) is 4.17. The molecule has 2 heteroatoms. The molecule has 1 nitrogen and oxygen atoms in total. The van der Waals surface area contributed by atoms with Gasteiger partial charge in [0.05, 0.1) is 6.10 Å². The molecule has 0 aliphatic heterocycles. The average Bonchev–Trinajstić information content (AvgIpc) is 2.47. The SMILES string of the molecule is CC(O)/C=C1/CCc2cc(Cl)ccc21. The molecule has 0 heterocycles. The van der Waals surface area contributed by atoms with E-state index in [4.69, 9.17) is 11.6 Å². The van der Waals surface area contributed by atoms with E-state index in [9.17, 15) is 5.11 Å². The number of halogens is 1. The van der Waals surface area contributed by atoms with Crippen LogP contribution in [0.5, 0.6) is 0 Å². The summed E-state index contributed by atoms with van der Waals surface area (Å²) < 4.78 is 0. The Hall–Kier alpha value is -0.790. The number of hydrogen-bond acceptors (Lipinski definition) is 1. The summed E-state index contributed by atoms with van der Waals surface area (Å²) in [5.74, 6) is 0. The fraction of sp³-hybridized carbons (Fsp3) is 0.333. The molecule has 1 aliphatic rings. The Bertz CT molecular complexity index is 380. The lowest BCUT2D eigenvalue weighted by atomic mass is 10.1. The molecule has 0 amide bonds. The minimum Gasteiger partial charge on any atom is -0.389 e. The quantitative estimate of drug-likeness (QED) is 0.752. The van der Waals surface area contributed by atoms with E-state index in [0.717, 1.165) is 17.9 Å². The smallest absolute Gasteiger partial charge is 0.0698 e. The summed E-state index contributed by atoms with van der Waals surface area (Å²) in [5, 5.41) is 10.1. The van der Waals surface area contributed by atoms with E-state index < -0.39 is 0 Å². The van der Waals surface area contributed by atoms with Crippen LogP contribution in [-0.2, 0) is 6.42 Å². The molecule has 74 valence electrons. The third-order valence-corrected chi connectivity index (χ3v) is 2.75. The summed E-state index contributed by atoms with van der Waals surface area (Å²) in [5.41, 5.74) is 3.78. The number of aryl methyl sites for hydroxylation is 1. The molecule has 0 saturated carbocycles. The van der Waals surface area contributed by atoms with Gasteiger partial charge in [0, 0.05) is 5.02 Å². The van der Waals surface area contributed by atoms with Crippen molar-refractivity contribution in [1.29, 1.82) is 0 Å². The molecule has 1 aromatic rings. The van der Waals surface area contributed by atoms with Crippen LogP contribution in [0.4, 0.5) is 0 Å². The highest BCUT2D eigenvalue weighted by Crippen LogP contribution is 2.33. The number of aliphatic hydroxyl groups is 1. The highest BCUT2D eigenvalue weighted by atomic mass is 35.5. The molecule has 0 saturated heterocycles. The molecule has 1 aromatic carbocycles. The maximum atomic E-state index is 9.29.